The largest absolute Gasteiger partial charge is 0.427 e. The highest BCUT2D eigenvalue weighted by Crippen LogP contribution is 2.24. The van der Waals surface area contributed by atoms with E-state index in [1.807, 2.05) is 0 Å². The Balaban J connectivity index is 2.18. The van der Waals surface area contributed by atoms with Crippen molar-refractivity contribution in [3.05, 3.63) is 51.4 Å². The predicted octanol–water partition coefficient (Wildman–Crippen LogP) is 2.99. The topological polar surface area (TPSA) is 95.5 Å². The molecule has 0 fully saturated rings. The van der Waals surface area contributed by atoms with Crippen molar-refractivity contribution in [2.24, 2.45) is 0 Å². The van der Waals surface area contributed by atoms with Gasteiger partial charge in [0.05, 0.1) is 4.92 Å². The molecule has 0 saturated carbocycles. The standard InChI is InChI=1S/C14H12N2O5/c1-9-14(16(18)19)13(21-15-9)8-5-11-3-6-12(7-4-11)20-10(2)17/h3-8H,1-2H3. The van der Waals surface area contributed by atoms with Crippen LogP contribution < -0.4 is 4.74 Å². The number of benzene rings is 1. The molecule has 1 aromatic heterocycles. The highest BCUT2D eigenvalue weighted by molar-refractivity contribution is 5.72. The predicted molar refractivity (Wildman–Crippen MR) is 74.6 cm³/mol. The maximum absolute atomic E-state index is 10.9. The number of hydrogen-bond acceptors (Lipinski definition) is 6. The summed E-state index contributed by atoms with van der Waals surface area (Å²) < 4.78 is 9.81. The molecule has 0 atom stereocenters. The Kier molecular flexibility index (Phi) is 4.13. The van der Waals surface area contributed by atoms with Crippen molar-refractivity contribution in [3.63, 3.8) is 0 Å². The van der Waals surface area contributed by atoms with Crippen LogP contribution in [0.25, 0.3) is 12.2 Å². The lowest BCUT2D eigenvalue weighted by Gasteiger charge is -2.00. The van der Waals surface area contributed by atoms with Gasteiger partial charge in [-0.1, -0.05) is 23.4 Å². The molecule has 0 saturated heterocycles. The summed E-state index contributed by atoms with van der Waals surface area (Å²) in [7, 11) is 0. The van der Waals surface area contributed by atoms with Gasteiger partial charge in [-0.2, -0.15) is 0 Å². The number of nitro groups is 1. The van der Waals surface area contributed by atoms with Gasteiger partial charge in [0.1, 0.15) is 5.75 Å². The van der Waals surface area contributed by atoms with E-state index in [1.54, 1.807) is 30.3 Å². The molecule has 0 aliphatic heterocycles. The van der Waals surface area contributed by atoms with Crippen LogP contribution in [-0.2, 0) is 4.79 Å². The van der Waals surface area contributed by atoms with E-state index in [4.69, 9.17) is 9.26 Å². The summed E-state index contributed by atoms with van der Waals surface area (Å²) in [5.41, 5.74) is 0.849. The van der Waals surface area contributed by atoms with Gasteiger partial charge >= 0.3 is 11.7 Å². The number of rotatable bonds is 4. The van der Waals surface area contributed by atoms with Gasteiger partial charge in [-0.3, -0.25) is 14.9 Å². The summed E-state index contributed by atoms with van der Waals surface area (Å²) in [6, 6.07) is 6.68. The van der Waals surface area contributed by atoms with E-state index in [9.17, 15) is 14.9 Å². The molecule has 0 bridgehead atoms. The van der Waals surface area contributed by atoms with Gasteiger partial charge in [0.25, 0.3) is 0 Å². The lowest BCUT2D eigenvalue weighted by atomic mass is 10.2. The highest BCUT2D eigenvalue weighted by atomic mass is 16.6. The molecular weight excluding hydrogens is 276 g/mol. The van der Waals surface area contributed by atoms with Crippen molar-refractivity contribution < 1.29 is 19.0 Å². The third-order valence-corrected chi connectivity index (χ3v) is 2.61. The quantitative estimate of drug-likeness (QED) is 0.371. The van der Waals surface area contributed by atoms with E-state index < -0.39 is 10.9 Å². The van der Waals surface area contributed by atoms with Gasteiger partial charge in [0, 0.05) is 6.92 Å². The summed E-state index contributed by atoms with van der Waals surface area (Å²) in [5.74, 6) is 0.119. The molecule has 0 aliphatic rings. The second kappa shape index (κ2) is 6.00. The van der Waals surface area contributed by atoms with Crippen molar-refractivity contribution in [3.8, 4) is 5.75 Å². The second-order valence-electron chi connectivity index (χ2n) is 4.23. The lowest BCUT2D eigenvalue weighted by Crippen LogP contribution is -2.00. The fraction of sp³-hybridized carbons (Fsp3) is 0.143. The summed E-state index contributed by atoms with van der Waals surface area (Å²) in [6.45, 7) is 2.83. The Hall–Kier alpha value is -2.96. The van der Waals surface area contributed by atoms with Crippen molar-refractivity contribution >= 4 is 23.8 Å². The molecule has 0 spiro atoms. The molecule has 0 N–H and O–H groups in total. The van der Waals surface area contributed by atoms with Crippen LogP contribution in [0.3, 0.4) is 0 Å². The Morgan fingerprint density at radius 2 is 2.00 bits per heavy atom. The molecule has 7 heteroatoms. The van der Waals surface area contributed by atoms with Crippen molar-refractivity contribution in [2.45, 2.75) is 13.8 Å². The van der Waals surface area contributed by atoms with Gasteiger partial charge in [-0.15, -0.1) is 0 Å². The fourth-order valence-electron chi connectivity index (χ4n) is 1.70. The molecule has 0 radical (unpaired) electrons. The number of aryl methyl sites for hydroxylation is 1. The zero-order chi connectivity index (χ0) is 15.4. The number of aromatic nitrogens is 1. The average Bonchev–Trinajstić information content (AvgIpc) is 2.78. The molecule has 108 valence electrons. The van der Waals surface area contributed by atoms with Gasteiger partial charge in [-0.05, 0) is 30.7 Å². The van der Waals surface area contributed by atoms with Crippen LogP contribution in [0.1, 0.15) is 23.9 Å². The molecule has 0 amide bonds. The monoisotopic (exact) mass is 288 g/mol. The second-order valence-corrected chi connectivity index (χ2v) is 4.23. The van der Waals surface area contributed by atoms with Crippen LogP contribution in [0.15, 0.2) is 28.8 Å². The summed E-state index contributed by atoms with van der Waals surface area (Å²) in [5, 5.41) is 14.5. The first kappa shape index (κ1) is 14.4. The Bertz CT molecular complexity index is 701. The van der Waals surface area contributed by atoms with Crippen LogP contribution in [0.2, 0.25) is 0 Å². The maximum Gasteiger partial charge on any atom is 0.338 e. The third-order valence-electron chi connectivity index (χ3n) is 2.61. The minimum absolute atomic E-state index is 0.0848. The maximum atomic E-state index is 10.9. The number of nitrogens with zero attached hydrogens (tertiary/aromatic N) is 2. The zero-order valence-electron chi connectivity index (χ0n) is 11.4. The van der Waals surface area contributed by atoms with Crippen molar-refractivity contribution in [1.29, 1.82) is 0 Å². The average molecular weight is 288 g/mol. The molecule has 2 aromatic rings. The van der Waals surface area contributed by atoms with Crippen LogP contribution in [0.4, 0.5) is 5.69 Å². The number of carbonyl (C=O) groups excluding carboxylic acids is 1. The molecule has 1 heterocycles. The molecule has 21 heavy (non-hydrogen) atoms. The molecule has 1 aromatic carbocycles. The number of ether oxygens (including phenoxy) is 1. The van der Waals surface area contributed by atoms with E-state index in [1.165, 1.54) is 19.9 Å². The molecule has 0 aliphatic carbocycles. The van der Waals surface area contributed by atoms with E-state index >= 15 is 0 Å². The first-order valence-electron chi connectivity index (χ1n) is 6.04. The normalized spacial score (nSPS) is 10.8. The first-order chi connectivity index (χ1) is 9.97. The lowest BCUT2D eigenvalue weighted by molar-refractivity contribution is -0.386. The first-order valence-corrected chi connectivity index (χ1v) is 6.04. The molecule has 2 rings (SSSR count). The molecule has 0 unspecified atom stereocenters. The van der Waals surface area contributed by atoms with Crippen LogP contribution in [-0.4, -0.2) is 16.0 Å². The van der Waals surface area contributed by atoms with Crippen LogP contribution >= 0.6 is 0 Å². The minimum atomic E-state index is -0.532. The SMILES string of the molecule is CC(=O)Oc1ccc(C=Cc2onc(C)c2[N+](=O)[O-])cc1. The highest BCUT2D eigenvalue weighted by Gasteiger charge is 2.21. The van der Waals surface area contributed by atoms with Crippen molar-refractivity contribution in [2.75, 3.05) is 0 Å². The van der Waals surface area contributed by atoms with E-state index in [0.717, 1.165) is 5.56 Å². The van der Waals surface area contributed by atoms with E-state index in [-0.39, 0.29) is 17.1 Å². The van der Waals surface area contributed by atoms with Crippen LogP contribution in [0, 0.1) is 17.0 Å². The fourth-order valence-corrected chi connectivity index (χ4v) is 1.70. The molecule has 7 nitrogen and oxygen atoms in total. The third kappa shape index (κ3) is 3.53. The summed E-state index contributed by atoms with van der Waals surface area (Å²) in [4.78, 5) is 21.1. The smallest absolute Gasteiger partial charge is 0.338 e. The van der Waals surface area contributed by atoms with Crippen LogP contribution in [0.5, 0.6) is 5.75 Å². The number of hydrogen-bond donors (Lipinski definition) is 0. The van der Waals surface area contributed by atoms with Gasteiger partial charge < -0.3 is 9.26 Å². The van der Waals surface area contributed by atoms with Crippen molar-refractivity contribution in [1.82, 2.24) is 5.16 Å². The summed E-state index contributed by atoms with van der Waals surface area (Å²) in [6.07, 6.45) is 3.11. The molecular formula is C14H12N2O5. The summed E-state index contributed by atoms with van der Waals surface area (Å²) >= 11 is 0. The van der Waals surface area contributed by atoms with Gasteiger partial charge in [0.2, 0.25) is 5.76 Å². The van der Waals surface area contributed by atoms with Gasteiger partial charge in [0.15, 0.2) is 5.69 Å². The van der Waals surface area contributed by atoms with Gasteiger partial charge in [-0.25, -0.2) is 0 Å². The Morgan fingerprint density at radius 3 is 2.57 bits per heavy atom. The zero-order valence-corrected chi connectivity index (χ0v) is 11.4. The van der Waals surface area contributed by atoms with E-state index in [0.29, 0.717) is 5.75 Å². The van der Waals surface area contributed by atoms with E-state index in [2.05, 4.69) is 5.16 Å². The number of carbonyl (C=O) groups is 1. The Labute approximate surface area is 120 Å². The Morgan fingerprint density at radius 1 is 1.33 bits per heavy atom. The number of esters is 1. The minimum Gasteiger partial charge on any atom is -0.427 e.